The normalized spacial score (nSPS) is 18.2. The molecule has 104 valence electrons. The Bertz CT molecular complexity index is 432. The number of benzene rings is 1. The van der Waals surface area contributed by atoms with E-state index in [2.05, 4.69) is 0 Å². The molecule has 0 saturated carbocycles. The lowest BCUT2D eigenvalue weighted by atomic mass is 10.0. The van der Waals surface area contributed by atoms with Crippen molar-refractivity contribution in [1.29, 1.82) is 0 Å². The number of nitrogens with zero attached hydrogens (tertiary/aromatic N) is 1. The summed E-state index contributed by atoms with van der Waals surface area (Å²) in [5, 5.41) is 9.30. The van der Waals surface area contributed by atoms with Crippen molar-refractivity contribution in [1.82, 2.24) is 4.90 Å². The molecule has 0 amide bonds. The molecule has 1 N–H and O–H groups in total. The zero-order chi connectivity index (χ0) is 13.7. The van der Waals surface area contributed by atoms with Crippen molar-refractivity contribution in [3.05, 3.63) is 35.6 Å². The molecule has 1 heterocycles. The van der Waals surface area contributed by atoms with Crippen LogP contribution in [-0.4, -0.2) is 48.3 Å². The molecule has 0 aliphatic carbocycles. The molecule has 0 aromatic heterocycles. The minimum absolute atomic E-state index is 0.282. The summed E-state index contributed by atoms with van der Waals surface area (Å²) < 4.78 is 18.3. The van der Waals surface area contributed by atoms with Crippen molar-refractivity contribution >= 4 is 5.97 Å². The van der Waals surface area contributed by atoms with E-state index in [0.717, 1.165) is 5.56 Å². The van der Waals surface area contributed by atoms with E-state index in [1.54, 1.807) is 6.07 Å². The molecule has 0 spiro atoms. The van der Waals surface area contributed by atoms with Gasteiger partial charge in [-0.25, -0.2) is 4.39 Å². The van der Waals surface area contributed by atoms with Gasteiger partial charge >= 0.3 is 5.97 Å². The summed E-state index contributed by atoms with van der Waals surface area (Å²) in [6.07, 6.45) is 1.05. The van der Waals surface area contributed by atoms with Crippen molar-refractivity contribution in [2.24, 2.45) is 0 Å². The van der Waals surface area contributed by atoms with Gasteiger partial charge in [0, 0.05) is 13.1 Å². The number of ether oxygens (including phenoxy) is 1. The van der Waals surface area contributed by atoms with E-state index in [9.17, 15) is 14.3 Å². The lowest BCUT2D eigenvalue weighted by Crippen LogP contribution is -2.47. The van der Waals surface area contributed by atoms with Gasteiger partial charge in [0.1, 0.15) is 11.9 Å². The van der Waals surface area contributed by atoms with Gasteiger partial charge in [-0.15, -0.1) is 0 Å². The van der Waals surface area contributed by atoms with Gasteiger partial charge < -0.3 is 9.84 Å². The highest BCUT2D eigenvalue weighted by atomic mass is 19.1. The molecule has 1 aromatic carbocycles. The largest absolute Gasteiger partial charge is 0.480 e. The van der Waals surface area contributed by atoms with E-state index in [4.69, 9.17) is 4.74 Å². The highest BCUT2D eigenvalue weighted by Gasteiger charge is 2.26. The smallest absolute Gasteiger partial charge is 0.320 e. The number of carboxylic acids is 1. The minimum Gasteiger partial charge on any atom is -0.480 e. The van der Waals surface area contributed by atoms with Gasteiger partial charge in [-0.2, -0.15) is 0 Å². The van der Waals surface area contributed by atoms with Gasteiger partial charge in [0.25, 0.3) is 0 Å². The summed E-state index contributed by atoms with van der Waals surface area (Å²) in [5.41, 5.74) is 0.833. The maximum absolute atomic E-state index is 13.1. The van der Waals surface area contributed by atoms with Crippen LogP contribution in [0.3, 0.4) is 0 Å². The van der Waals surface area contributed by atoms with Crippen molar-refractivity contribution in [2.45, 2.75) is 18.9 Å². The molecule has 1 aromatic rings. The fourth-order valence-corrected chi connectivity index (χ4v) is 2.35. The van der Waals surface area contributed by atoms with Crippen LogP contribution >= 0.6 is 0 Å². The Morgan fingerprint density at radius 3 is 2.79 bits per heavy atom. The molecule has 1 aliphatic rings. The quantitative estimate of drug-likeness (QED) is 0.879. The highest BCUT2D eigenvalue weighted by Crippen LogP contribution is 2.13. The standard InChI is InChI=1S/C14H18FNO3/c15-12-3-1-2-11(10-12)4-5-13(14(17)18)16-6-8-19-9-7-16/h1-3,10,13H,4-9H2,(H,17,18). The number of hydrogen-bond acceptors (Lipinski definition) is 3. The summed E-state index contributed by atoms with van der Waals surface area (Å²) in [5.74, 6) is -1.10. The van der Waals surface area contributed by atoms with Crippen molar-refractivity contribution in [3.8, 4) is 0 Å². The zero-order valence-electron chi connectivity index (χ0n) is 10.7. The first-order chi connectivity index (χ1) is 9.16. The number of carboxylic acid groups (broad SMARTS) is 1. The van der Waals surface area contributed by atoms with E-state index in [1.807, 2.05) is 11.0 Å². The molecule has 1 saturated heterocycles. The minimum atomic E-state index is -0.821. The van der Waals surface area contributed by atoms with Gasteiger partial charge in [-0.3, -0.25) is 9.69 Å². The molecule has 1 unspecified atom stereocenters. The Morgan fingerprint density at radius 1 is 1.42 bits per heavy atom. The number of aryl methyl sites for hydroxylation is 1. The lowest BCUT2D eigenvalue weighted by molar-refractivity contribution is -0.145. The van der Waals surface area contributed by atoms with Crippen LogP contribution in [-0.2, 0) is 16.0 Å². The maximum atomic E-state index is 13.1. The Kier molecular flexibility index (Phi) is 4.87. The fourth-order valence-electron chi connectivity index (χ4n) is 2.35. The summed E-state index contributed by atoms with van der Waals surface area (Å²) in [4.78, 5) is 13.3. The predicted molar refractivity (Wildman–Crippen MR) is 68.5 cm³/mol. The summed E-state index contributed by atoms with van der Waals surface area (Å²) in [6.45, 7) is 2.42. The first-order valence-corrected chi connectivity index (χ1v) is 6.46. The summed E-state index contributed by atoms with van der Waals surface area (Å²) >= 11 is 0. The molecule has 2 rings (SSSR count). The highest BCUT2D eigenvalue weighted by molar-refractivity contribution is 5.73. The average Bonchev–Trinajstić information content (AvgIpc) is 2.40. The second-order valence-electron chi connectivity index (χ2n) is 4.67. The molecular formula is C14H18FNO3. The molecule has 1 fully saturated rings. The SMILES string of the molecule is O=C(O)C(CCc1cccc(F)c1)N1CCOCC1. The predicted octanol–water partition coefficient (Wildman–Crippen LogP) is 1.54. The number of halogens is 1. The van der Waals surface area contributed by atoms with Gasteiger partial charge in [0.05, 0.1) is 13.2 Å². The number of rotatable bonds is 5. The third kappa shape index (κ3) is 4.01. The van der Waals surface area contributed by atoms with Crippen LogP contribution in [0.2, 0.25) is 0 Å². The number of hydrogen-bond donors (Lipinski definition) is 1. The summed E-state index contributed by atoms with van der Waals surface area (Å²) in [7, 11) is 0. The Morgan fingerprint density at radius 2 is 2.16 bits per heavy atom. The van der Waals surface area contributed by atoms with E-state index in [0.29, 0.717) is 39.1 Å². The molecule has 1 atom stereocenters. The third-order valence-electron chi connectivity index (χ3n) is 3.37. The number of aliphatic carboxylic acids is 1. The van der Waals surface area contributed by atoms with E-state index in [-0.39, 0.29) is 5.82 Å². The molecular weight excluding hydrogens is 249 g/mol. The molecule has 0 radical (unpaired) electrons. The van der Waals surface area contributed by atoms with E-state index >= 15 is 0 Å². The van der Waals surface area contributed by atoms with E-state index < -0.39 is 12.0 Å². The zero-order valence-corrected chi connectivity index (χ0v) is 10.7. The van der Waals surface area contributed by atoms with Crippen molar-refractivity contribution in [3.63, 3.8) is 0 Å². The second-order valence-corrected chi connectivity index (χ2v) is 4.67. The van der Waals surface area contributed by atoms with Gasteiger partial charge in [-0.05, 0) is 30.5 Å². The van der Waals surface area contributed by atoms with Crippen molar-refractivity contribution < 1.29 is 19.0 Å². The Hall–Kier alpha value is -1.46. The topological polar surface area (TPSA) is 49.8 Å². The second kappa shape index (κ2) is 6.63. The van der Waals surface area contributed by atoms with Crippen LogP contribution < -0.4 is 0 Å². The monoisotopic (exact) mass is 267 g/mol. The molecule has 19 heavy (non-hydrogen) atoms. The molecule has 4 nitrogen and oxygen atoms in total. The lowest BCUT2D eigenvalue weighted by Gasteiger charge is -2.31. The first-order valence-electron chi connectivity index (χ1n) is 6.46. The van der Waals surface area contributed by atoms with Crippen LogP contribution in [0.4, 0.5) is 4.39 Å². The van der Waals surface area contributed by atoms with E-state index in [1.165, 1.54) is 12.1 Å². The van der Waals surface area contributed by atoms with Crippen LogP contribution in [0.25, 0.3) is 0 Å². The van der Waals surface area contributed by atoms with Crippen molar-refractivity contribution in [2.75, 3.05) is 26.3 Å². The van der Waals surface area contributed by atoms with Crippen LogP contribution in [0, 0.1) is 5.82 Å². The number of carbonyl (C=O) groups is 1. The maximum Gasteiger partial charge on any atom is 0.320 e. The average molecular weight is 267 g/mol. The molecule has 0 bridgehead atoms. The van der Waals surface area contributed by atoms with Crippen LogP contribution in [0.5, 0.6) is 0 Å². The fraction of sp³-hybridized carbons (Fsp3) is 0.500. The molecule has 5 heteroatoms. The van der Waals surface area contributed by atoms with Crippen LogP contribution in [0.15, 0.2) is 24.3 Å². The molecule has 1 aliphatic heterocycles. The summed E-state index contributed by atoms with van der Waals surface area (Å²) in [6, 6.07) is 5.79. The van der Waals surface area contributed by atoms with Gasteiger partial charge in [0.2, 0.25) is 0 Å². The third-order valence-corrected chi connectivity index (χ3v) is 3.37. The van der Waals surface area contributed by atoms with Gasteiger partial charge in [-0.1, -0.05) is 12.1 Å². The first kappa shape index (κ1) is 14.0. The Balaban J connectivity index is 1.95. The van der Waals surface area contributed by atoms with Gasteiger partial charge in [0.15, 0.2) is 0 Å². The Labute approximate surface area is 111 Å². The van der Waals surface area contributed by atoms with Crippen LogP contribution in [0.1, 0.15) is 12.0 Å². The number of morpholine rings is 1.